The van der Waals surface area contributed by atoms with Gasteiger partial charge in [-0.2, -0.15) is 4.39 Å². The smallest absolute Gasteiger partial charge is 0.255 e. The summed E-state index contributed by atoms with van der Waals surface area (Å²) in [7, 11) is 0. The number of hydrogen-bond acceptors (Lipinski definition) is 3. The second-order valence-electron chi connectivity index (χ2n) is 3.33. The molecular formula is C12H11FN2O. The minimum absolute atomic E-state index is 0.143. The third-order valence-corrected chi connectivity index (χ3v) is 2.07. The molecule has 0 fully saturated rings. The topological polar surface area (TPSA) is 48.1 Å². The van der Waals surface area contributed by atoms with Gasteiger partial charge in [-0.3, -0.25) is 0 Å². The molecule has 1 aromatic carbocycles. The lowest BCUT2D eigenvalue weighted by molar-refractivity contribution is 0.286. The van der Waals surface area contributed by atoms with Crippen LogP contribution in [0.1, 0.15) is 5.56 Å². The highest BCUT2D eigenvalue weighted by atomic mass is 19.1. The van der Waals surface area contributed by atoms with E-state index < -0.39 is 5.95 Å². The quantitative estimate of drug-likeness (QED) is 0.635. The standard InChI is InChI=1S/C12H11FN2O/c13-12-11(5-2-6-15-12)16-8-9-3-1-4-10(14)7-9/h1-7H,8,14H2. The Morgan fingerprint density at radius 1 is 1.25 bits per heavy atom. The summed E-state index contributed by atoms with van der Waals surface area (Å²) in [5.74, 6) is -0.462. The lowest BCUT2D eigenvalue weighted by Crippen LogP contribution is -1.99. The number of aromatic nitrogens is 1. The van der Waals surface area contributed by atoms with Gasteiger partial charge in [0.1, 0.15) is 6.61 Å². The second-order valence-corrected chi connectivity index (χ2v) is 3.33. The highest BCUT2D eigenvalue weighted by molar-refractivity contribution is 5.40. The molecule has 0 bridgehead atoms. The number of anilines is 1. The molecule has 0 aliphatic carbocycles. The first kappa shape index (κ1) is 10.4. The number of benzene rings is 1. The van der Waals surface area contributed by atoms with Gasteiger partial charge >= 0.3 is 0 Å². The van der Waals surface area contributed by atoms with Gasteiger partial charge in [0.25, 0.3) is 5.95 Å². The average molecular weight is 218 g/mol. The zero-order valence-corrected chi connectivity index (χ0v) is 8.56. The molecule has 0 amide bonds. The molecule has 0 atom stereocenters. The van der Waals surface area contributed by atoms with Gasteiger partial charge in [-0.15, -0.1) is 0 Å². The molecule has 0 spiro atoms. The molecule has 82 valence electrons. The van der Waals surface area contributed by atoms with Gasteiger partial charge in [0.2, 0.25) is 0 Å². The Bertz CT molecular complexity index is 488. The van der Waals surface area contributed by atoms with Crippen LogP contribution in [0.5, 0.6) is 5.75 Å². The Hall–Kier alpha value is -2.10. The van der Waals surface area contributed by atoms with Crippen molar-refractivity contribution in [1.29, 1.82) is 0 Å². The zero-order valence-electron chi connectivity index (χ0n) is 8.56. The molecule has 16 heavy (non-hydrogen) atoms. The Labute approximate surface area is 92.7 Å². The van der Waals surface area contributed by atoms with Crippen LogP contribution in [0.2, 0.25) is 0 Å². The van der Waals surface area contributed by atoms with E-state index in [0.717, 1.165) is 5.56 Å². The van der Waals surface area contributed by atoms with Crippen LogP contribution in [0.3, 0.4) is 0 Å². The maximum Gasteiger partial charge on any atom is 0.255 e. The summed E-state index contributed by atoms with van der Waals surface area (Å²) in [6.45, 7) is 0.271. The average Bonchev–Trinajstić information content (AvgIpc) is 2.28. The summed E-state index contributed by atoms with van der Waals surface area (Å²) in [6, 6.07) is 10.4. The highest BCUT2D eigenvalue weighted by Gasteiger charge is 2.03. The summed E-state index contributed by atoms with van der Waals surface area (Å²) < 4.78 is 18.4. The second kappa shape index (κ2) is 4.61. The van der Waals surface area contributed by atoms with Crippen molar-refractivity contribution in [3.63, 3.8) is 0 Å². The minimum atomic E-state index is -0.605. The fourth-order valence-corrected chi connectivity index (χ4v) is 1.32. The fraction of sp³-hybridized carbons (Fsp3) is 0.0833. The van der Waals surface area contributed by atoms with E-state index >= 15 is 0 Å². The zero-order chi connectivity index (χ0) is 11.4. The molecule has 3 nitrogen and oxygen atoms in total. The van der Waals surface area contributed by atoms with Crippen molar-refractivity contribution in [1.82, 2.24) is 4.98 Å². The molecule has 0 aliphatic rings. The van der Waals surface area contributed by atoms with E-state index in [1.54, 1.807) is 18.2 Å². The molecule has 2 aromatic rings. The largest absolute Gasteiger partial charge is 0.484 e. The van der Waals surface area contributed by atoms with Gasteiger partial charge in [0.15, 0.2) is 5.75 Å². The third kappa shape index (κ3) is 2.48. The first-order chi connectivity index (χ1) is 7.75. The Morgan fingerprint density at radius 2 is 2.12 bits per heavy atom. The summed E-state index contributed by atoms with van der Waals surface area (Å²) in [6.07, 6.45) is 1.38. The van der Waals surface area contributed by atoms with Crippen molar-refractivity contribution in [2.24, 2.45) is 0 Å². The van der Waals surface area contributed by atoms with Crippen LogP contribution in [-0.4, -0.2) is 4.98 Å². The van der Waals surface area contributed by atoms with Crippen LogP contribution in [0.25, 0.3) is 0 Å². The van der Waals surface area contributed by atoms with Gasteiger partial charge in [-0.25, -0.2) is 4.98 Å². The Kier molecular flexibility index (Phi) is 3.00. The molecule has 0 radical (unpaired) electrons. The van der Waals surface area contributed by atoms with Crippen LogP contribution in [-0.2, 0) is 6.61 Å². The van der Waals surface area contributed by atoms with Crippen molar-refractivity contribution >= 4 is 5.69 Å². The number of rotatable bonds is 3. The van der Waals surface area contributed by atoms with Crippen LogP contribution in [0, 0.1) is 5.95 Å². The monoisotopic (exact) mass is 218 g/mol. The lowest BCUT2D eigenvalue weighted by Gasteiger charge is -2.06. The van der Waals surface area contributed by atoms with Crippen LogP contribution in [0.4, 0.5) is 10.1 Å². The number of halogens is 1. The summed E-state index contributed by atoms with van der Waals surface area (Å²) >= 11 is 0. The number of nitrogen functional groups attached to an aromatic ring is 1. The van der Waals surface area contributed by atoms with Crippen LogP contribution >= 0.6 is 0 Å². The Balaban J connectivity index is 2.05. The Morgan fingerprint density at radius 3 is 2.88 bits per heavy atom. The van der Waals surface area contributed by atoms with E-state index in [-0.39, 0.29) is 12.4 Å². The van der Waals surface area contributed by atoms with Crippen LogP contribution in [0.15, 0.2) is 42.6 Å². The molecule has 4 heteroatoms. The summed E-state index contributed by atoms with van der Waals surface area (Å²) in [5, 5.41) is 0. The first-order valence-corrected chi connectivity index (χ1v) is 4.83. The van der Waals surface area contributed by atoms with Crippen molar-refractivity contribution < 1.29 is 9.13 Å². The molecular weight excluding hydrogens is 207 g/mol. The molecule has 2 rings (SSSR count). The van der Waals surface area contributed by atoms with Gasteiger partial charge in [0.05, 0.1) is 0 Å². The van der Waals surface area contributed by atoms with Gasteiger partial charge < -0.3 is 10.5 Å². The molecule has 0 aliphatic heterocycles. The maximum absolute atomic E-state index is 13.1. The van der Waals surface area contributed by atoms with Gasteiger partial charge in [-0.05, 0) is 29.8 Å². The van der Waals surface area contributed by atoms with E-state index in [2.05, 4.69) is 4.98 Å². The van der Waals surface area contributed by atoms with Crippen molar-refractivity contribution in [2.75, 3.05) is 5.73 Å². The first-order valence-electron chi connectivity index (χ1n) is 4.83. The maximum atomic E-state index is 13.1. The third-order valence-electron chi connectivity index (χ3n) is 2.07. The molecule has 1 heterocycles. The number of ether oxygens (including phenoxy) is 1. The highest BCUT2D eigenvalue weighted by Crippen LogP contribution is 2.15. The number of nitrogens with zero attached hydrogens (tertiary/aromatic N) is 1. The van der Waals surface area contributed by atoms with E-state index in [0.29, 0.717) is 5.69 Å². The fourth-order valence-electron chi connectivity index (χ4n) is 1.32. The molecule has 2 N–H and O–H groups in total. The van der Waals surface area contributed by atoms with Gasteiger partial charge in [-0.1, -0.05) is 12.1 Å². The van der Waals surface area contributed by atoms with Gasteiger partial charge in [0, 0.05) is 11.9 Å². The molecule has 0 unspecified atom stereocenters. The minimum Gasteiger partial charge on any atom is -0.484 e. The van der Waals surface area contributed by atoms with E-state index in [4.69, 9.17) is 10.5 Å². The van der Waals surface area contributed by atoms with Crippen molar-refractivity contribution in [3.05, 3.63) is 54.1 Å². The van der Waals surface area contributed by atoms with E-state index in [1.165, 1.54) is 12.3 Å². The van der Waals surface area contributed by atoms with Crippen LogP contribution < -0.4 is 10.5 Å². The number of nitrogens with two attached hydrogens (primary N) is 1. The van der Waals surface area contributed by atoms with E-state index in [9.17, 15) is 4.39 Å². The molecule has 0 saturated heterocycles. The predicted molar refractivity (Wildman–Crippen MR) is 59.4 cm³/mol. The van der Waals surface area contributed by atoms with E-state index in [1.807, 2.05) is 12.1 Å². The normalized spacial score (nSPS) is 10.1. The van der Waals surface area contributed by atoms with Crippen molar-refractivity contribution in [3.8, 4) is 5.75 Å². The SMILES string of the molecule is Nc1cccc(COc2cccnc2F)c1. The predicted octanol–water partition coefficient (Wildman–Crippen LogP) is 2.38. The molecule has 1 aromatic heterocycles. The molecule has 0 saturated carbocycles. The number of hydrogen-bond donors (Lipinski definition) is 1. The summed E-state index contributed by atoms with van der Waals surface area (Å²) in [4.78, 5) is 3.49. The lowest BCUT2D eigenvalue weighted by atomic mass is 10.2. The number of pyridine rings is 1. The van der Waals surface area contributed by atoms with Crippen molar-refractivity contribution in [2.45, 2.75) is 6.61 Å². The summed E-state index contributed by atoms with van der Waals surface area (Å²) in [5.41, 5.74) is 7.17.